The molecule has 6 heteroatoms. The van der Waals surface area contributed by atoms with E-state index in [4.69, 9.17) is 0 Å². The lowest BCUT2D eigenvalue weighted by atomic mass is 10.1. The van der Waals surface area contributed by atoms with Gasteiger partial charge in [-0.1, -0.05) is 38.0 Å². The molecule has 0 bridgehead atoms. The quantitative estimate of drug-likeness (QED) is 0.816. The molecule has 1 saturated heterocycles. The number of rotatable bonds is 6. The van der Waals surface area contributed by atoms with Crippen molar-refractivity contribution < 1.29 is 4.79 Å². The van der Waals surface area contributed by atoms with Gasteiger partial charge in [-0.3, -0.25) is 9.59 Å². The summed E-state index contributed by atoms with van der Waals surface area (Å²) in [5, 5.41) is 8.95. The van der Waals surface area contributed by atoms with Crippen LogP contribution in [-0.2, 0) is 6.54 Å². The second kappa shape index (κ2) is 7.78. The molecule has 0 aliphatic carbocycles. The number of nitrogens with one attached hydrogen (secondary N) is 1. The first-order valence-electron chi connectivity index (χ1n) is 9.11. The Labute approximate surface area is 147 Å². The van der Waals surface area contributed by atoms with E-state index >= 15 is 0 Å². The van der Waals surface area contributed by atoms with E-state index in [0.717, 1.165) is 38.8 Å². The monoisotopic (exact) mass is 342 g/mol. The summed E-state index contributed by atoms with van der Waals surface area (Å²) in [6.07, 6.45) is 3.94. The van der Waals surface area contributed by atoms with Crippen molar-refractivity contribution >= 4 is 16.7 Å². The molecular formula is C19H26N4O2. The fourth-order valence-corrected chi connectivity index (χ4v) is 3.36. The van der Waals surface area contributed by atoms with Crippen molar-refractivity contribution in [1.29, 1.82) is 0 Å². The second-order valence-electron chi connectivity index (χ2n) is 6.69. The summed E-state index contributed by atoms with van der Waals surface area (Å²) >= 11 is 0. The van der Waals surface area contributed by atoms with E-state index in [1.807, 2.05) is 25.2 Å². The highest BCUT2D eigenvalue weighted by atomic mass is 16.2. The van der Waals surface area contributed by atoms with E-state index < -0.39 is 0 Å². The first-order chi connectivity index (χ1) is 12.1. The minimum Gasteiger partial charge on any atom is -0.336 e. The number of benzene rings is 1. The molecule has 1 amide bonds. The molecule has 1 aromatic heterocycles. The second-order valence-corrected chi connectivity index (χ2v) is 6.69. The van der Waals surface area contributed by atoms with Gasteiger partial charge in [-0.25, -0.2) is 4.68 Å². The normalized spacial score (nSPS) is 17.1. The zero-order valence-corrected chi connectivity index (χ0v) is 15.0. The van der Waals surface area contributed by atoms with Gasteiger partial charge >= 0.3 is 0 Å². The van der Waals surface area contributed by atoms with Crippen molar-refractivity contribution in [3.05, 3.63) is 40.3 Å². The van der Waals surface area contributed by atoms with Crippen molar-refractivity contribution in [2.24, 2.45) is 0 Å². The predicted molar refractivity (Wildman–Crippen MR) is 98.9 cm³/mol. The minimum absolute atomic E-state index is 0.117. The molecule has 1 N–H and O–H groups in total. The maximum absolute atomic E-state index is 13.1. The fourth-order valence-electron chi connectivity index (χ4n) is 3.36. The van der Waals surface area contributed by atoms with E-state index in [1.165, 1.54) is 4.68 Å². The van der Waals surface area contributed by atoms with Crippen LogP contribution in [0, 0.1) is 0 Å². The number of amides is 1. The molecule has 0 spiro atoms. The van der Waals surface area contributed by atoms with Crippen LogP contribution in [0.1, 0.15) is 43.1 Å². The third-order valence-corrected chi connectivity index (χ3v) is 4.95. The summed E-state index contributed by atoms with van der Waals surface area (Å²) in [6, 6.07) is 7.45. The largest absolute Gasteiger partial charge is 0.336 e. The van der Waals surface area contributed by atoms with Gasteiger partial charge in [0, 0.05) is 31.6 Å². The van der Waals surface area contributed by atoms with Gasteiger partial charge in [0.25, 0.3) is 11.5 Å². The van der Waals surface area contributed by atoms with Crippen molar-refractivity contribution in [1.82, 2.24) is 20.0 Å². The summed E-state index contributed by atoms with van der Waals surface area (Å²) < 4.78 is 1.46. The Morgan fingerprint density at radius 3 is 2.76 bits per heavy atom. The molecule has 3 rings (SSSR count). The summed E-state index contributed by atoms with van der Waals surface area (Å²) in [4.78, 5) is 27.5. The summed E-state index contributed by atoms with van der Waals surface area (Å²) in [7, 11) is 1.82. The van der Waals surface area contributed by atoms with Crippen molar-refractivity contribution in [3.8, 4) is 0 Å². The zero-order valence-electron chi connectivity index (χ0n) is 15.0. The molecule has 1 fully saturated rings. The van der Waals surface area contributed by atoms with Gasteiger partial charge in [-0.2, -0.15) is 5.10 Å². The third-order valence-electron chi connectivity index (χ3n) is 4.95. The van der Waals surface area contributed by atoms with Crippen molar-refractivity contribution in [2.45, 2.75) is 45.2 Å². The number of nitrogens with zero attached hydrogens (tertiary/aromatic N) is 3. The van der Waals surface area contributed by atoms with Gasteiger partial charge in [0.05, 0.1) is 5.39 Å². The Bertz CT molecular complexity index is 809. The summed E-state index contributed by atoms with van der Waals surface area (Å²) in [6.45, 7) is 4.39. The predicted octanol–water partition coefficient (Wildman–Crippen LogP) is 2.02. The maximum Gasteiger partial charge on any atom is 0.274 e. The molecule has 25 heavy (non-hydrogen) atoms. The third kappa shape index (κ3) is 3.58. The molecular weight excluding hydrogens is 316 g/mol. The van der Waals surface area contributed by atoms with E-state index in [9.17, 15) is 9.59 Å². The van der Waals surface area contributed by atoms with Gasteiger partial charge in [-0.05, 0) is 25.5 Å². The molecule has 2 aromatic rings. The summed E-state index contributed by atoms with van der Waals surface area (Å²) in [5.41, 5.74) is 0.259. The first-order valence-corrected chi connectivity index (χ1v) is 9.11. The fraction of sp³-hybridized carbons (Fsp3) is 0.526. The Morgan fingerprint density at radius 2 is 2.08 bits per heavy atom. The first kappa shape index (κ1) is 17.6. The van der Waals surface area contributed by atoms with E-state index in [2.05, 4.69) is 17.3 Å². The highest BCUT2D eigenvalue weighted by Crippen LogP contribution is 2.17. The molecule has 1 aliphatic heterocycles. The lowest BCUT2D eigenvalue weighted by molar-refractivity contribution is 0.0737. The standard InChI is InChI=1S/C19H26N4O2/c1-3-4-7-12-23-18(24)16-9-6-5-8-15(16)17(21-23)19(25)22(2)14-10-11-20-13-14/h5-6,8-9,14,20H,3-4,7,10-13H2,1-2H3. The van der Waals surface area contributed by atoms with Gasteiger partial charge in [-0.15, -0.1) is 0 Å². The van der Waals surface area contributed by atoms with Gasteiger partial charge in [0.15, 0.2) is 5.69 Å². The number of carbonyl (C=O) groups is 1. The Hall–Kier alpha value is -2.21. The average Bonchev–Trinajstić information content (AvgIpc) is 3.17. The highest BCUT2D eigenvalue weighted by Gasteiger charge is 2.27. The van der Waals surface area contributed by atoms with Crippen LogP contribution >= 0.6 is 0 Å². The van der Waals surface area contributed by atoms with Gasteiger partial charge in [0.2, 0.25) is 0 Å². The zero-order chi connectivity index (χ0) is 17.8. The van der Waals surface area contributed by atoms with Crippen molar-refractivity contribution in [2.75, 3.05) is 20.1 Å². The number of fused-ring (bicyclic) bond motifs is 1. The summed E-state index contributed by atoms with van der Waals surface area (Å²) in [5.74, 6) is -0.117. The molecule has 0 saturated carbocycles. The van der Waals surface area contributed by atoms with E-state index in [0.29, 0.717) is 23.0 Å². The van der Waals surface area contributed by atoms with Crippen LogP contribution < -0.4 is 10.9 Å². The molecule has 6 nitrogen and oxygen atoms in total. The molecule has 1 atom stereocenters. The van der Waals surface area contributed by atoms with Gasteiger partial charge < -0.3 is 10.2 Å². The SMILES string of the molecule is CCCCCn1nc(C(=O)N(C)C2CCNC2)c2ccccc2c1=O. The van der Waals surface area contributed by atoms with E-state index in [1.54, 1.807) is 11.0 Å². The Kier molecular flexibility index (Phi) is 5.48. The molecule has 1 unspecified atom stereocenters. The van der Waals surface area contributed by atoms with Crippen LogP contribution in [0.3, 0.4) is 0 Å². The van der Waals surface area contributed by atoms with Crippen LogP contribution in [0.5, 0.6) is 0 Å². The highest BCUT2D eigenvalue weighted by molar-refractivity contribution is 6.04. The van der Waals surface area contributed by atoms with Crippen LogP contribution in [0.15, 0.2) is 29.1 Å². The average molecular weight is 342 g/mol. The maximum atomic E-state index is 13.1. The number of unbranched alkanes of at least 4 members (excludes halogenated alkanes) is 2. The van der Waals surface area contributed by atoms with Crippen LogP contribution in [0.2, 0.25) is 0 Å². The van der Waals surface area contributed by atoms with Crippen LogP contribution in [-0.4, -0.2) is 46.8 Å². The Morgan fingerprint density at radius 1 is 1.32 bits per heavy atom. The van der Waals surface area contributed by atoms with Crippen LogP contribution in [0.25, 0.3) is 10.8 Å². The van der Waals surface area contributed by atoms with Crippen LogP contribution in [0.4, 0.5) is 0 Å². The topological polar surface area (TPSA) is 67.2 Å². The lowest BCUT2D eigenvalue weighted by Crippen LogP contribution is -2.40. The smallest absolute Gasteiger partial charge is 0.274 e. The molecule has 1 aromatic carbocycles. The lowest BCUT2D eigenvalue weighted by Gasteiger charge is -2.24. The van der Waals surface area contributed by atoms with E-state index in [-0.39, 0.29) is 17.5 Å². The number of aryl methyl sites for hydroxylation is 1. The van der Waals surface area contributed by atoms with Gasteiger partial charge in [0.1, 0.15) is 0 Å². The van der Waals surface area contributed by atoms with Crippen molar-refractivity contribution in [3.63, 3.8) is 0 Å². The molecule has 0 radical (unpaired) electrons. The molecule has 2 heterocycles. The number of likely N-dealkylation sites (N-methyl/N-ethyl adjacent to an activating group) is 1. The Balaban J connectivity index is 2.01. The molecule has 1 aliphatic rings. The number of hydrogen-bond acceptors (Lipinski definition) is 4. The number of hydrogen-bond donors (Lipinski definition) is 1. The number of carbonyl (C=O) groups excluding carboxylic acids is 1. The molecule has 134 valence electrons. The number of aromatic nitrogens is 2. The minimum atomic E-state index is -0.117.